The number of unbranched alkanes of at least 4 members (excludes halogenated alkanes) is 5. The Bertz CT molecular complexity index is 347. The van der Waals surface area contributed by atoms with Crippen LogP contribution in [-0.2, 0) is 12.8 Å². The van der Waals surface area contributed by atoms with E-state index in [4.69, 9.17) is 0 Å². The molecule has 0 saturated carbocycles. The summed E-state index contributed by atoms with van der Waals surface area (Å²) in [5, 5.41) is 8.39. The summed E-state index contributed by atoms with van der Waals surface area (Å²) in [6.07, 6.45) is 14.8. The minimum atomic E-state index is 0.858. The van der Waals surface area contributed by atoms with E-state index in [9.17, 15) is 0 Å². The van der Waals surface area contributed by atoms with Crippen molar-refractivity contribution < 1.29 is 0 Å². The summed E-state index contributed by atoms with van der Waals surface area (Å²) in [6.45, 7) is 6.85. The van der Waals surface area contributed by atoms with E-state index in [1.54, 1.807) is 0 Å². The molecule has 0 N–H and O–H groups in total. The van der Waals surface area contributed by atoms with Crippen LogP contribution in [0.2, 0.25) is 0 Å². The van der Waals surface area contributed by atoms with Crippen LogP contribution in [0.1, 0.15) is 83.4 Å². The van der Waals surface area contributed by atoms with Crippen molar-refractivity contribution >= 4 is 0 Å². The van der Waals surface area contributed by atoms with Gasteiger partial charge in [0, 0.05) is 0 Å². The van der Waals surface area contributed by atoms with Crippen molar-refractivity contribution in [2.24, 2.45) is 5.92 Å². The van der Waals surface area contributed by atoms with Crippen molar-refractivity contribution in [3.8, 4) is 0 Å². The molecule has 0 aliphatic rings. The first-order valence-corrected chi connectivity index (χ1v) is 8.52. The van der Waals surface area contributed by atoms with E-state index in [1.807, 2.05) is 6.20 Å². The third-order valence-corrected chi connectivity index (χ3v) is 3.80. The van der Waals surface area contributed by atoms with Crippen LogP contribution in [-0.4, -0.2) is 10.2 Å². The molecule has 1 aromatic rings. The van der Waals surface area contributed by atoms with Crippen molar-refractivity contribution in [2.75, 3.05) is 0 Å². The smallest absolute Gasteiger partial charge is 0.0633 e. The number of nitrogens with zero attached hydrogens (tertiary/aromatic N) is 2. The molecule has 0 aliphatic heterocycles. The molecule has 2 nitrogen and oxygen atoms in total. The predicted molar refractivity (Wildman–Crippen MR) is 86.9 cm³/mol. The van der Waals surface area contributed by atoms with Crippen molar-refractivity contribution in [1.29, 1.82) is 0 Å². The third-order valence-electron chi connectivity index (χ3n) is 3.80. The van der Waals surface area contributed by atoms with Crippen LogP contribution in [0.25, 0.3) is 0 Å². The van der Waals surface area contributed by atoms with E-state index in [0.29, 0.717) is 0 Å². The van der Waals surface area contributed by atoms with Gasteiger partial charge in [0.2, 0.25) is 0 Å². The highest BCUT2D eigenvalue weighted by molar-refractivity contribution is 5.12. The molecule has 0 amide bonds. The molecule has 0 unspecified atom stereocenters. The third kappa shape index (κ3) is 8.29. The standard InChI is InChI=1S/C18H32N2/c1-4-5-12-17-14-18(20-19-15-17)13-10-8-6-7-9-11-16(2)3/h14-16H,4-13H2,1-3H3. The normalized spacial score (nSPS) is 11.2. The zero-order valence-electron chi connectivity index (χ0n) is 13.7. The summed E-state index contributed by atoms with van der Waals surface area (Å²) in [4.78, 5) is 0. The Morgan fingerprint density at radius 2 is 1.70 bits per heavy atom. The van der Waals surface area contributed by atoms with Gasteiger partial charge in [-0.25, -0.2) is 0 Å². The van der Waals surface area contributed by atoms with Crippen molar-refractivity contribution in [1.82, 2.24) is 10.2 Å². The van der Waals surface area contributed by atoms with Gasteiger partial charge in [0.15, 0.2) is 0 Å². The number of aryl methyl sites for hydroxylation is 2. The van der Waals surface area contributed by atoms with Crippen molar-refractivity contribution in [2.45, 2.75) is 85.0 Å². The van der Waals surface area contributed by atoms with Gasteiger partial charge in [-0.2, -0.15) is 10.2 Å². The molecular formula is C18H32N2. The highest BCUT2D eigenvalue weighted by Crippen LogP contribution is 2.12. The van der Waals surface area contributed by atoms with E-state index in [0.717, 1.165) is 18.8 Å². The van der Waals surface area contributed by atoms with Crippen LogP contribution >= 0.6 is 0 Å². The Hall–Kier alpha value is -0.920. The fraction of sp³-hybridized carbons (Fsp3) is 0.778. The second kappa shape index (κ2) is 10.8. The number of aromatic nitrogens is 2. The van der Waals surface area contributed by atoms with Gasteiger partial charge in [-0.3, -0.25) is 0 Å². The van der Waals surface area contributed by atoms with Crippen LogP contribution in [0, 0.1) is 5.92 Å². The van der Waals surface area contributed by atoms with Gasteiger partial charge < -0.3 is 0 Å². The summed E-state index contributed by atoms with van der Waals surface area (Å²) in [5.41, 5.74) is 2.54. The maximum atomic E-state index is 4.25. The zero-order valence-corrected chi connectivity index (χ0v) is 13.7. The molecule has 0 aromatic carbocycles. The van der Waals surface area contributed by atoms with Crippen molar-refractivity contribution in [3.63, 3.8) is 0 Å². The second-order valence-corrected chi connectivity index (χ2v) is 6.36. The molecule has 2 heteroatoms. The summed E-state index contributed by atoms with van der Waals surface area (Å²) >= 11 is 0. The summed E-state index contributed by atoms with van der Waals surface area (Å²) in [6, 6.07) is 2.25. The lowest BCUT2D eigenvalue weighted by Crippen LogP contribution is -1.96. The minimum Gasteiger partial charge on any atom is -0.159 e. The van der Waals surface area contributed by atoms with Gasteiger partial charge in [-0.15, -0.1) is 0 Å². The van der Waals surface area contributed by atoms with Gasteiger partial charge in [-0.1, -0.05) is 59.3 Å². The van der Waals surface area contributed by atoms with Crippen LogP contribution in [0.3, 0.4) is 0 Å². The van der Waals surface area contributed by atoms with Gasteiger partial charge in [0.25, 0.3) is 0 Å². The Balaban J connectivity index is 2.12. The molecule has 1 rings (SSSR count). The van der Waals surface area contributed by atoms with Crippen LogP contribution < -0.4 is 0 Å². The molecule has 0 bridgehead atoms. The number of hydrogen-bond acceptors (Lipinski definition) is 2. The highest BCUT2D eigenvalue weighted by atomic mass is 15.1. The van der Waals surface area contributed by atoms with Gasteiger partial charge >= 0.3 is 0 Å². The van der Waals surface area contributed by atoms with Crippen LogP contribution in [0.5, 0.6) is 0 Å². The first kappa shape index (κ1) is 17.1. The molecule has 114 valence electrons. The fourth-order valence-electron chi connectivity index (χ4n) is 2.49. The molecule has 1 aromatic heterocycles. The topological polar surface area (TPSA) is 25.8 Å². The first-order chi connectivity index (χ1) is 9.72. The summed E-state index contributed by atoms with van der Waals surface area (Å²) in [5.74, 6) is 0.858. The number of hydrogen-bond donors (Lipinski definition) is 0. The summed E-state index contributed by atoms with van der Waals surface area (Å²) in [7, 11) is 0. The molecule has 0 spiro atoms. The zero-order chi connectivity index (χ0) is 14.6. The lowest BCUT2D eigenvalue weighted by molar-refractivity contribution is 0.514. The van der Waals surface area contributed by atoms with Crippen LogP contribution in [0.15, 0.2) is 12.3 Å². The molecule has 0 radical (unpaired) electrons. The molecular weight excluding hydrogens is 244 g/mol. The fourth-order valence-corrected chi connectivity index (χ4v) is 2.49. The Morgan fingerprint density at radius 1 is 0.950 bits per heavy atom. The lowest BCUT2D eigenvalue weighted by atomic mass is 10.0. The number of rotatable bonds is 11. The maximum Gasteiger partial charge on any atom is 0.0633 e. The second-order valence-electron chi connectivity index (χ2n) is 6.36. The molecule has 20 heavy (non-hydrogen) atoms. The minimum absolute atomic E-state index is 0.858. The van der Waals surface area contributed by atoms with Gasteiger partial charge in [-0.05, 0) is 43.2 Å². The average molecular weight is 276 g/mol. The van der Waals surface area contributed by atoms with E-state index < -0.39 is 0 Å². The lowest BCUT2D eigenvalue weighted by Gasteiger charge is -2.05. The van der Waals surface area contributed by atoms with Crippen molar-refractivity contribution in [3.05, 3.63) is 23.5 Å². The molecule has 0 aliphatic carbocycles. The molecule has 1 heterocycles. The molecule has 0 saturated heterocycles. The van der Waals surface area contributed by atoms with E-state index in [-0.39, 0.29) is 0 Å². The first-order valence-electron chi connectivity index (χ1n) is 8.52. The van der Waals surface area contributed by atoms with Gasteiger partial charge in [0.1, 0.15) is 0 Å². The largest absolute Gasteiger partial charge is 0.159 e. The highest BCUT2D eigenvalue weighted by Gasteiger charge is 2.00. The molecule has 0 fully saturated rings. The SMILES string of the molecule is CCCCc1cnnc(CCCCCCCC(C)C)c1. The van der Waals surface area contributed by atoms with E-state index in [1.165, 1.54) is 62.6 Å². The van der Waals surface area contributed by atoms with Gasteiger partial charge in [0.05, 0.1) is 11.9 Å². The van der Waals surface area contributed by atoms with E-state index in [2.05, 4.69) is 37.0 Å². The Kier molecular flexibility index (Phi) is 9.27. The Morgan fingerprint density at radius 3 is 2.45 bits per heavy atom. The maximum absolute atomic E-state index is 4.25. The Labute approximate surface area is 125 Å². The van der Waals surface area contributed by atoms with Crippen LogP contribution in [0.4, 0.5) is 0 Å². The predicted octanol–water partition coefficient (Wildman–Crippen LogP) is 5.36. The quantitative estimate of drug-likeness (QED) is 0.509. The van der Waals surface area contributed by atoms with E-state index >= 15 is 0 Å². The summed E-state index contributed by atoms with van der Waals surface area (Å²) < 4.78 is 0. The molecule has 0 atom stereocenters. The monoisotopic (exact) mass is 276 g/mol. The average Bonchev–Trinajstić information content (AvgIpc) is 2.44.